The van der Waals surface area contributed by atoms with Crippen molar-refractivity contribution in [2.45, 2.75) is 12.3 Å². The summed E-state index contributed by atoms with van der Waals surface area (Å²) < 4.78 is 24.1. The highest BCUT2D eigenvalue weighted by Crippen LogP contribution is 2.31. The lowest BCUT2D eigenvalue weighted by Gasteiger charge is -2.00. The lowest BCUT2D eigenvalue weighted by atomic mass is 10.1. The SMILES string of the molecule is Fc1cccc(-c2[nH]ncc2-c2nc(C3CCOC3)no2)c1. The van der Waals surface area contributed by atoms with Crippen LogP contribution in [0, 0.1) is 5.82 Å². The van der Waals surface area contributed by atoms with Crippen molar-refractivity contribution in [1.29, 1.82) is 0 Å². The van der Waals surface area contributed by atoms with Crippen LogP contribution >= 0.6 is 0 Å². The highest BCUT2D eigenvalue weighted by atomic mass is 19.1. The summed E-state index contributed by atoms with van der Waals surface area (Å²) in [7, 11) is 0. The Labute approximate surface area is 125 Å². The Morgan fingerprint density at radius 3 is 3.09 bits per heavy atom. The minimum absolute atomic E-state index is 0.169. The molecule has 1 fully saturated rings. The Bertz CT molecular complexity index is 792. The van der Waals surface area contributed by atoms with Gasteiger partial charge < -0.3 is 9.26 Å². The van der Waals surface area contributed by atoms with Crippen molar-refractivity contribution in [2.24, 2.45) is 0 Å². The highest BCUT2D eigenvalue weighted by Gasteiger charge is 2.24. The van der Waals surface area contributed by atoms with E-state index in [-0.39, 0.29) is 11.7 Å². The van der Waals surface area contributed by atoms with Crippen molar-refractivity contribution in [3.63, 3.8) is 0 Å². The monoisotopic (exact) mass is 300 g/mol. The van der Waals surface area contributed by atoms with Crippen LogP contribution in [0.3, 0.4) is 0 Å². The molecule has 22 heavy (non-hydrogen) atoms. The third kappa shape index (κ3) is 2.29. The van der Waals surface area contributed by atoms with Crippen LogP contribution in [0.5, 0.6) is 0 Å². The molecule has 0 amide bonds. The van der Waals surface area contributed by atoms with Gasteiger partial charge in [0.2, 0.25) is 0 Å². The number of benzene rings is 1. The molecular weight excluding hydrogens is 287 g/mol. The maximum Gasteiger partial charge on any atom is 0.261 e. The molecule has 3 heterocycles. The van der Waals surface area contributed by atoms with Gasteiger partial charge in [-0.2, -0.15) is 10.1 Å². The minimum atomic E-state index is -0.313. The zero-order chi connectivity index (χ0) is 14.9. The molecule has 6 nitrogen and oxygen atoms in total. The summed E-state index contributed by atoms with van der Waals surface area (Å²) in [5, 5.41) is 10.9. The van der Waals surface area contributed by atoms with Crippen molar-refractivity contribution >= 4 is 0 Å². The summed E-state index contributed by atoms with van der Waals surface area (Å²) in [5.74, 6) is 0.864. The van der Waals surface area contributed by atoms with Crippen molar-refractivity contribution in [1.82, 2.24) is 20.3 Å². The van der Waals surface area contributed by atoms with Crippen LogP contribution in [0.2, 0.25) is 0 Å². The second-order valence-corrected chi connectivity index (χ2v) is 5.19. The van der Waals surface area contributed by atoms with E-state index in [1.54, 1.807) is 18.3 Å². The second kappa shape index (κ2) is 5.34. The molecule has 1 aliphatic heterocycles. The van der Waals surface area contributed by atoms with Crippen molar-refractivity contribution in [3.05, 3.63) is 42.1 Å². The van der Waals surface area contributed by atoms with Gasteiger partial charge in [-0.15, -0.1) is 0 Å². The molecule has 1 saturated heterocycles. The van der Waals surface area contributed by atoms with Gasteiger partial charge in [-0.05, 0) is 18.6 Å². The van der Waals surface area contributed by atoms with E-state index in [1.807, 2.05) is 0 Å². The standard InChI is InChI=1S/C15H13FN4O2/c16-11-3-1-2-9(6-11)13-12(7-17-19-13)15-18-14(20-22-15)10-4-5-21-8-10/h1-3,6-7,10H,4-5,8H2,(H,17,19). The summed E-state index contributed by atoms with van der Waals surface area (Å²) in [4.78, 5) is 4.43. The largest absolute Gasteiger partial charge is 0.381 e. The first-order valence-corrected chi connectivity index (χ1v) is 7.02. The highest BCUT2D eigenvalue weighted by molar-refractivity contribution is 5.76. The third-order valence-electron chi connectivity index (χ3n) is 3.72. The van der Waals surface area contributed by atoms with Gasteiger partial charge in [0.15, 0.2) is 5.82 Å². The van der Waals surface area contributed by atoms with Gasteiger partial charge in [0.25, 0.3) is 5.89 Å². The van der Waals surface area contributed by atoms with Crippen molar-refractivity contribution in [3.8, 4) is 22.7 Å². The van der Waals surface area contributed by atoms with Gasteiger partial charge >= 0.3 is 0 Å². The van der Waals surface area contributed by atoms with Crippen LogP contribution in [0.1, 0.15) is 18.2 Å². The van der Waals surface area contributed by atoms with E-state index in [1.165, 1.54) is 12.1 Å². The molecule has 1 unspecified atom stereocenters. The Morgan fingerprint density at radius 1 is 1.32 bits per heavy atom. The van der Waals surface area contributed by atoms with Gasteiger partial charge in [0.1, 0.15) is 5.82 Å². The van der Waals surface area contributed by atoms with Gasteiger partial charge in [0.05, 0.1) is 24.1 Å². The maximum absolute atomic E-state index is 13.4. The number of H-pyrrole nitrogens is 1. The molecule has 1 atom stereocenters. The Morgan fingerprint density at radius 2 is 2.27 bits per heavy atom. The molecule has 7 heteroatoms. The van der Waals surface area contributed by atoms with Gasteiger partial charge in [-0.3, -0.25) is 5.10 Å². The molecule has 1 aliphatic rings. The number of ether oxygens (including phenoxy) is 1. The number of rotatable bonds is 3. The average molecular weight is 300 g/mol. The molecule has 2 aromatic heterocycles. The van der Waals surface area contributed by atoms with Crippen LogP contribution in [0.4, 0.5) is 4.39 Å². The Kier molecular flexibility index (Phi) is 3.19. The number of hydrogen-bond acceptors (Lipinski definition) is 5. The number of halogens is 1. The smallest absolute Gasteiger partial charge is 0.261 e. The first-order valence-electron chi connectivity index (χ1n) is 7.02. The van der Waals surface area contributed by atoms with E-state index >= 15 is 0 Å². The number of hydrogen-bond donors (Lipinski definition) is 1. The predicted octanol–water partition coefficient (Wildman–Crippen LogP) is 2.77. The lowest BCUT2D eigenvalue weighted by Crippen LogP contribution is -1.99. The number of nitrogens with zero attached hydrogens (tertiary/aromatic N) is 3. The molecule has 0 bridgehead atoms. The number of aromatic nitrogens is 4. The summed E-state index contributed by atoms with van der Waals surface area (Å²) >= 11 is 0. The molecule has 0 saturated carbocycles. The van der Waals surface area contributed by atoms with E-state index in [0.29, 0.717) is 35.1 Å². The van der Waals surface area contributed by atoms with E-state index in [9.17, 15) is 4.39 Å². The van der Waals surface area contributed by atoms with Crippen LogP contribution < -0.4 is 0 Å². The molecule has 0 spiro atoms. The predicted molar refractivity (Wildman–Crippen MR) is 75.5 cm³/mol. The van der Waals surface area contributed by atoms with Crippen molar-refractivity contribution in [2.75, 3.05) is 13.2 Å². The summed E-state index contributed by atoms with van der Waals surface area (Å²) in [6.45, 7) is 1.33. The van der Waals surface area contributed by atoms with Gasteiger partial charge in [-0.1, -0.05) is 17.3 Å². The number of nitrogens with one attached hydrogen (secondary N) is 1. The summed E-state index contributed by atoms with van der Waals surface area (Å²) in [6.07, 6.45) is 2.49. The number of aromatic amines is 1. The zero-order valence-electron chi connectivity index (χ0n) is 11.6. The first-order chi connectivity index (χ1) is 10.8. The van der Waals surface area contributed by atoms with E-state index in [2.05, 4.69) is 20.3 Å². The summed E-state index contributed by atoms with van der Waals surface area (Å²) in [6, 6.07) is 6.26. The molecule has 112 valence electrons. The zero-order valence-corrected chi connectivity index (χ0v) is 11.6. The molecular formula is C15H13FN4O2. The van der Waals surface area contributed by atoms with Crippen LogP contribution in [-0.4, -0.2) is 33.6 Å². The molecule has 1 aromatic carbocycles. The average Bonchev–Trinajstić information content (AvgIpc) is 3.27. The maximum atomic E-state index is 13.4. The fraction of sp³-hybridized carbons (Fsp3) is 0.267. The fourth-order valence-electron chi connectivity index (χ4n) is 2.56. The van der Waals surface area contributed by atoms with E-state index in [0.717, 1.165) is 13.0 Å². The van der Waals surface area contributed by atoms with Crippen LogP contribution in [0.25, 0.3) is 22.7 Å². The molecule has 4 rings (SSSR count). The molecule has 0 radical (unpaired) electrons. The topological polar surface area (TPSA) is 76.8 Å². The molecule has 3 aromatic rings. The fourth-order valence-corrected chi connectivity index (χ4v) is 2.56. The third-order valence-corrected chi connectivity index (χ3v) is 3.72. The van der Waals surface area contributed by atoms with Crippen LogP contribution in [-0.2, 0) is 4.74 Å². The van der Waals surface area contributed by atoms with Crippen molar-refractivity contribution < 1.29 is 13.7 Å². The summed E-state index contributed by atoms with van der Waals surface area (Å²) in [5.41, 5.74) is 1.98. The normalized spacial score (nSPS) is 18.0. The molecule has 0 aliphatic carbocycles. The Hall–Kier alpha value is -2.54. The van der Waals surface area contributed by atoms with E-state index in [4.69, 9.17) is 9.26 Å². The lowest BCUT2D eigenvalue weighted by molar-refractivity contribution is 0.192. The Balaban J connectivity index is 1.70. The molecule has 1 N–H and O–H groups in total. The van der Waals surface area contributed by atoms with Gasteiger partial charge in [0, 0.05) is 18.1 Å². The second-order valence-electron chi connectivity index (χ2n) is 5.19. The first kappa shape index (κ1) is 13.1. The van der Waals surface area contributed by atoms with E-state index < -0.39 is 0 Å². The van der Waals surface area contributed by atoms with Gasteiger partial charge in [-0.25, -0.2) is 4.39 Å². The van der Waals surface area contributed by atoms with Crippen LogP contribution in [0.15, 0.2) is 35.0 Å². The quantitative estimate of drug-likeness (QED) is 0.805. The minimum Gasteiger partial charge on any atom is -0.381 e.